The van der Waals surface area contributed by atoms with Crippen molar-refractivity contribution in [1.82, 2.24) is 4.90 Å². The van der Waals surface area contributed by atoms with Gasteiger partial charge < -0.3 is 9.84 Å². The second-order valence-corrected chi connectivity index (χ2v) is 8.72. The molecule has 0 aromatic carbocycles. The molecule has 1 rings (SSSR count). The van der Waals surface area contributed by atoms with Crippen LogP contribution in [-0.4, -0.2) is 64.1 Å². The monoisotopic (exact) mass is 417 g/mol. The Balaban J connectivity index is 2.92. The van der Waals surface area contributed by atoms with E-state index in [4.69, 9.17) is 0 Å². The molecule has 0 spiro atoms. The smallest absolute Gasteiger partial charge is 0.309 e. The fourth-order valence-corrected chi connectivity index (χ4v) is 5.64. The quantitative estimate of drug-likeness (QED) is 0.351. The van der Waals surface area contributed by atoms with Gasteiger partial charge in [0.15, 0.2) is 0 Å². The van der Waals surface area contributed by atoms with E-state index in [-0.39, 0.29) is 35.2 Å². The Morgan fingerprint density at radius 2 is 1.93 bits per heavy atom. The molecule has 2 unspecified atom stereocenters. The van der Waals surface area contributed by atoms with Crippen molar-refractivity contribution in [2.75, 3.05) is 26.2 Å². The number of ether oxygens (including phenoxy) is 1. The third-order valence-corrected chi connectivity index (χ3v) is 7.79. The predicted molar refractivity (Wildman–Crippen MR) is 111 cm³/mol. The first-order chi connectivity index (χ1) is 12.8. The van der Waals surface area contributed by atoms with Gasteiger partial charge in [-0.1, -0.05) is 25.5 Å². The maximum Gasteiger partial charge on any atom is 0.309 e. The molecule has 1 N–H and O–H groups in total. The Kier molecular flexibility index (Phi) is 10.5. The number of methoxy groups -OCH3 is 1. The Morgan fingerprint density at radius 1 is 1.30 bits per heavy atom. The van der Waals surface area contributed by atoms with Crippen molar-refractivity contribution in [3.05, 3.63) is 12.2 Å². The molecule has 0 aromatic heterocycles. The molecule has 1 heterocycles. The average molecular weight is 418 g/mol. The normalized spacial score (nSPS) is 20.6. The van der Waals surface area contributed by atoms with Crippen LogP contribution in [-0.2, 0) is 19.1 Å². The minimum Gasteiger partial charge on any atom is -0.469 e. The van der Waals surface area contributed by atoms with Crippen molar-refractivity contribution in [3.8, 4) is 0 Å². The summed E-state index contributed by atoms with van der Waals surface area (Å²) in [6.45, 7) is 2.27. The Labute approximate surface area is 170 Å². The number of hydrogen-bond donors (Lipinski definition) is 1. The first-order valence-electron chi connectivity index (χ1n) is 9.19. The van der Waals surface area contributed by atoms with Crippen LogP contribution in [0.4, 0.5) is 0 Å². The maximum atomic E-state index is 13.1. The predicted octanol–water partition coefficient (Wildman–Crippen LogP) is 2.84. The summed E-state index contributed by atoms with van der Waals surface area (Å²) in [6.07, 6.45) is 9.75. The number of rotatable bonds is 9. The van der Waals surface area contributed by atoms with Crippen LogP contribution in [0.3, 0.4) is 0 Å². The molecule has 1 aliphatic heterocycles. The highest BCUT2D eigenvalue weighted by Gasteiger charge is 2.48. The van der Waals surface area contributed by atoms with Crippen LogP contribution in [0.25, 0.3) is 0 Å². The van der Waals surface area contributed by atoms with Crippen LogP contribution in [0.5, 0.6) is 0 Å². The summed E-state index contributed by atoms with van der Waals surface area (Å²) in [5.41, 5.74) is -1.15. The summed E-state index contributed by atoms with van der Waals surface area (Å²) in [7, 11) is 1.31. The molecular weight excluding hydrogens is 386 g/mol. The maximum absolute atomic E-state index is 13.1. The van der Waals surface area contributed by atoms with E-state index in [1.54, 1.807) is 12.2 Å². The van der Waals surface area contributed by atoms with E-state index in [9.17, 15) is 19.5 Å². The lowest BCUT2D eigenvalue weighted by Crippen LogP contribution is -2.53. The van der Waals surface area contributed by atoms with Gasteiger partial charge in [0.1, 0.15) is 0 Å². The minimum atomic E-state index is -1.15. The van der Waals surface area contributed by atoms with E-state index in [2.05, 4.69) is 4.74 Å². The zero-order chi connectivity index (χ0) is 20.4. The first kappa shape index (κ1) is 24.0. The van der Waals surface area contributed by atoms with E-state index >= 15 is 0 Å². The largest absolute Gasteiger partial charge is 0.469 e. The van der Waals surface area contributed by atoms with E-state index in [0.29, 0.717) is 19.4 Å². The van der Waals surface area contributed by atoms with Crippen molar-refractivity contribution in [1.29, 1.82) is 0 Å². The Bertz CT molecular complexity index is 550. The van der Waals surface area contributed by atoms with Gasteiger partial charge in [0.2, 0.25) is 11.8 Å². The molecule has 0 aliphatic carbocycles. The van der Waals surface area contributed by atoms with E-state index in [0.717, 1.165) is 12.8 Å². The van der Waals surface area contributed by atoms with Crippen LogP contribution in [0.15, 0.2) is 12.2 Å². The highest BCUT2D eigenvalue weighted by Crippen LogP contribution is 2.41. The van der Waals surface area contributed by atoms with Crippen LogP contribution < -0.4 is 0 Å². The lowest BCUT2D eigenvalue weighted by atomic mass is 9.82. The lowest BCUT2D eigenvalue weighted by Gasteiger charge is -2.40. The number of carbonyl (C=O) groups is 3. The van der Waals surface area contributed by atoms with Crippen molar-refractivity contribution in [2.45, 2.75) is 55.6 Å². The lowest BCUT2D eigenvalue weighted by molar-refractivity contribution is -0.152. The Morgan fingerprint density at radius 3 is 2.48 bits per heavy atom. The van der Waals surface area contributed by atoms with Crippen LogP contribution in [0.2, 0.25) is 0 Å². The van der Waals surface area contributed by atoms with Gasteiger partial charge >= 0.3 is 5.97 Å². The molecule has 1 fully saturated rings. The average Bonchev–Trinajstić information content (AvgIpc) is 2.87. The van der Waals surface area contributed by atoms with Crippen LogP contribution in [0.1, 0.15) is 45.4 Å². The van der Waals surface area contributed by atoms with E-state index < -0.39 is 11.5 Å². The second kappa shape index (κ2) is 11.8. The second-order valence-electron chi connectivity index (χ2n) is 6.54. The zero-order valence-electron chi connectivity index (χ0n) is 16.6. The molecule has 0 radical (unpaired) electrons. The van der Waals surface area contributed by atoms with Crippen LogP contribution in [0, 0.1) is 5.92 Å². The van der Waals surface area contributed by atoms with Gasteiger partial charge in [-0.2, -0.15) is 0 Å². The molecular formula is C19H31NO5S2. The van der Waals surface area contributed by atoms with Gasteiger partial charge in [0.25, 0.3) is 0 Å². The molecule has 0 saturated carbocycles. The van der Waals surface area contributed by atoms with Crippen molar-refractivity contribution >= 4 is 41.3 Å². The van der Waals surface area contributed by atoms with Crippen molar-refractivity contribution in [3.63, 3.8) is 0 Å². The SMILES string of the molecule is CCC(O)(C(SC)SC)C1CCCCN(C(=O)C/C=C/CC(=O)OC)C1=O. The van der Waals surface area contributed by atoms with Crippen molar-refractivity contribution < 1.29 is 24.2 Å². The number of amides is 2. The van der Waals surface area contributed by atoms with Gasteiger partial charge in [-0.05, 0) is 31.8 Å². The fourth-order valence-electron chi connectivity index (χ4n) is 3.39. The van der Waals surface area contributed by atoms with Gasteiger partial charge in [-0.3, -0.25) is 19.3 Å². The molecule has 2 amide bonds. The van der Waals surface area contributed by atoms with Gasteiger partial charge in [0, 0.05) is 13.0 Å². The van der Waals surface area contributed by atoms with Gasteiger partial charge in [0.05, 0.1) is 29.6 Å². The summed E-state index contributed by atoms with van der Waals surface area (Å²) in [5, 5.41) is 11.3. The number of thioether (sulfide) groups is 2. The van der Waals surface area contributed by atoms with Crippen LogP contribution >= 0.6 is 23.5 Å². The highest BCUT2D eigenvalue weighted by molar-refractivity contribution is 8.16. The third kappa shape index (κ3) is 6.26. The topological polar surface area (TPSA) is 83.9 Å². The number of likely N-dealkylation sites (tertiary alicyclic amines) is 1. The molecule has 154 valence electrons. The molecule has 0 aromatic rings. The van der Waals surface area contributed by atoms with Gasteiger partial charge in [-0.15, -0.1) is 23.5 Å². The summed E-state index contributed by atoms with van der Waals surface area (Å²) < 4.78 is 4.41. The number of imide groups is 1. The third-order valence-electron chi connectivity index (χ3n) is 4.97. The molecule has 8 heteroatoms. The number of nitrogens with zero attached hydrogens (tertiary/aromatic N) is 1. The zero-order valence-corrected chi connectivity index (χ0v) is 18.2. The molecule has 1 saturated heterocycles. The summed E-state index contributed by atoms with van der Waals surface area (Å²) in [4.78, 5) is 38.1. The molecule has 2 atom stereocenters. The standard InChI is InChI=1S/C19H31NO5S2/c1-5-19(24,18(26-3)27-4)14-10-8-9-13-20(17(14)23)15(21)11-6-7-12-16(22)25-2/h6-7,14,18,24H,5,8-13H2,1-4H3/b7-6+. The summed E-state index contributed by atoms with van der Waals surface area (Å²) in [5.74, 6) is -1.54. The number of carbonyl (C=O) groups excluding carboxylic acids is 3. The summed E-state index contributed by atoms with van der Waals surface area (Å²) >= 11 is 3.08. The molecule has 1 aliphatic rings. The van der Waals surface area contributed by atoms with E-state index in [1.807, 2.05) is 19.4 Å². The van der Waals surface area contributed by atoms with Gasteiger partial charge in [-0.25, -0.2) is 0 Å². The number of esters is 1. The fraction of sp³-hybridized carbons (Fsp3) is 0.737. The molecule has 27 heavy (non-hydrogen) atoms. The molecule has 0 bridgehead atoms. The minimum absolute atomic E-state index is 0.0501. The summed E-state index contributed by atoms with van der Waals surface area (Å²) in [6, 6.07) is 0. The number of hydrogen-bond acceptors (Lipinski definition) is 7. The highest BCUT2D eigenvalue weighted by atomic mass is 32.2. The van der Waals surface area contributed by atoms with Crippen molar-refractivity contribution in [2.24, 2.45) is 5.92 Å². The molecule has 6 nitrogen and oxygen atoms in total. The number of aliphatic hydroxyl groups is 1. The van der Waals surface area contributed by atoms with E-state index in [1.165, 1.54) is 35.5 Å². The Hall–Kier alpha value is -0.990. The first-order valence-corrected chi connectivity index (χ1v) is 11.8.